The van der Waals surface area contributed by atoms with Crippen molar-refractivity contribution >= 4 is 50.9 Å². The molecule has 1 spiro atoms. The number of aromatic amines is 3. The Morgan fingerprint density at radius 2 is 1.69 bits per heavy atom. The second kappa shape index (κ2) is 18.8. The molecule has 6 N–H and O–H groups in total. The first-order chi connectivity index (χ1) is 32.9. The molecule has 4 fully saturated rings. The Kier molecular flexibility index (Phi) is 12.7. The number of aliphatic hydroxyl groups is 1. The summed E-state index contributed by atoms with van der Waals surface area (Å²) in [7, 11) is 3.74. The number of hydrogen-bond acceptors (Lipinski definition) is 11. The van der Waals surface area contributed by atoms with Crippen LogP contribution in [0.15, 0.2) is 52.7 Å². The van der Waals surface area contributed by atoms with Crippen molar-refractivity contribution in [1.82, 2.24) is 54.3 Å². The van der Waals surface area contributed by atoms with Gasteiger partial charge in [-0.25, -0.2) is 0 Å². The summed E-state index contributed by atoms with van der Waals surface area (Å²) in [6.07, 6.45) is 14.5. The maximum Gasteiger partial charge on any atom is 0.279 e. The molecule has 10 heterocycles. The molecule has 362 valence electrons. The van der Waals surface area contributed by atoms with Crippen LogP contribution in [0.5, 0.6) is 0 Å². The van der Waals surface area contributed by atoms with Crippen LogP contribution in [0.4, 0.5) is 5.82 Å². The number of aliphatic hydroxyl groups excluding tert-OH is 1. The van der Waals surface area contributed by atoms with Crippen molar-refractivity contribution in [2.45, 2.75) is 70.6 Å². The number of likely N-dealkylation sites (tertiary alicyclic amines) is 4. The van der Waals surface area contributed by atoms with Crippen LogP contribution in [0.3, 0.4) is 0 Å². The van der Waals surface area contributed by atoms with Crippen molar-refractivity contribution in [1.29, 1.82) is 0 Å². The molecule has 0 aromatic carbocycles. The highest BCUT2D eigenvalue weighted by molar-refractivity contribution is 6.21. The van der Waals surface area contributed by atoms with Gasteiger partial charge in [-0.15, -0.1) is 0 Å². The van der Waals surface area contributed by atoms with Gasteiger partial charge in [0.2, 0.25) is 0 Å². The van der Waals surface area contributed by atoms with Gasteiger partial charge < -0.3 is 64.5 Å². The standard InChI is InChI=1S/C49H64N12O7/c1-31-7-4-5-15-58(31)16-6-12-51-45(64)37-24-59(40-21-34-36(23-56(3)47(66)43(34)54-40)46(65)60-28-49(29-60)11-19-55(2)27-49)30-68-26-38-41(37)39(22-53-38)61-25-35(33-8-13-50-42(33)48(61)67)44(63)52-14-20-57-17-9-32(62)10-18-57/h8,13,21-25,31-32,50,53-54,62H,4-7,9-12,14-20,26-30H2,1-3H3,(H,51,64)(H,52,63)/b37-24+. The van der Waals surface area contributed by atoms with Gasteiger partial charge in [-0.1, -0.05) is 6.42 Å². The number of nitrogens with one attached hydrogen (secondary N) is 5. The van der Waals surface area contributed by atoms with E-state index in [4.69, 9.17) is 4.74 Å². The number of hydrogen-bond donors (Lipinski definition) is 6. The van der Waals surface area contributed by atoms with Crippen LogP contribution in [-0.2, 0) is 23.2 Å². The van der Waals surface area contributed by atoms with Crippen molar-refractivity contribution in [3.63, 3.8) is 0 Å². The predicted molar refractivity (Wildman–Crippen MR) is 259 cm³/mol. The third-order valence-corrected chi connectivity index (χ3v) is 15.0. The van der Waals surface area contributed by atoms with E-state index in [1.54, 1.807) is 48.9 Å². The molecule has 0 aliphatic carbocycles. The monoisotopic (exact) mass is 933 g/mol. The van der Waals surface area contributed by atoms with E-state index in [1.807, 2.05) is 4.90 Å². The second-order valence-electron chi connectivity index (χ2n) is 19.9. The summed E-state index contributed by atoms with van der Waals surface area (Å²) in [5.74, 6) is -0.441. The lowest BCUT2D eigenvalue weighted by Gasteiger charge is -2.48. The number of ether oxygens (including phenoxy) is 1. The molecule has 5 aromatic heterocycles. The quantitative estimate of drug-likeness (QED) is 0.100. The number of carbonyl (C=O) groups is 3. The van der Waals surface area contributed by atoms with E-state index in [9.17, 15) is 29.1 Å². The largest absolute Gasteiger partial charge is 0.393 e. The number of fused-ring (bicyclic) bond motifs is 3. The van der Waals surface area contributed by atoms with Crippen molar-refractivity contribution in [2.75, 3.05) is 90.7 Å². The van der Waals surface area contributed by atoms with Gasteiger partial charge in [-0.3, -0.25) is 28.5 Å². The van der Waals surface area contributed by atoms with Gasteiger partial charge in [-0.2, -0.15) is 0 Å². The minimum atomic E-state index is -0.415. The highest BCUT2D eigenvalue weighted by Crippen LogP contribution is 2.40. The lowest BCUT2D eigenvalue weighted by Crippen LogP contribution is -2.59. The SMILES string of the molecule is CC1CCCCN1CCCNC(=O)/C1=C/N(c2cc3c(C(=O)N4CC5(CCN(C)C5)C4)cn(C)c(=O)c3[nH]2)COCc2[nH]cc(-n3cc(C(=O)NCCN4CCC(O)CC4)c4cc[nH]c4c3=O)c21. The maximum atomic E-state index is 14.8. The molecule has 0 saturated carbocycles. The number of amides is 3. The smallest absolute Gasteiger partial charge is 0.279 e. The van der Waals surface area contributed by atoms with Crippen molar-refractivity contribution in [3.05, 3.63) is 86.2 Å². The zero-order chi connectivity index (χ0) is 47.3. The van der Waals surface area contributed by atoms with E-state index < -0.39 is 5.56 Å². The Hall–Kier alpha value is -5.99. The van der Waals surface area contributed by atoms with Crippen LogP contribution < -0.4 is 26.7 Å². The van der Waals surface area contributed by atoms with E-state index in [0.717, 1.165) is 65.0 Å². The van der Waals surface area contributed by atoms with Crippen LogP contribution in [0.25, 0.3) is 33.1 Å². The molecular formula is C49H64N12O7. The van der Waals surface area contributed by atoms with Crippen LogP contribution in [0.2, 0.25) is 0 Å². The maximum absolute atomic E-state index is 14.8. The fraction of sp³-hybridized carbons (Fsp3) is 0.531. The molecular weight excluding hydrogens is 869 g/mol. The summed E-state index contributed by atoms with van der Waals surface area (Å²) < 4.78 is 9.10. The summed E-state index contributed by atoms with van der Waals surface area (Å²) >= 11 is 0. The minimum absolute atomic E-state index is 0.0211. The number of aromatic nitrogens is 5. The zero-order valence-electron chi connectivity index (χ0n) is 39.4. The van der Waals surface area contributed by atoms with E-state index in [0.29, 0.717) is 90.7 Å². The molecule has 5 aliphatic heterocycles. The van der Waals surface area contributed by atoms with E-state index in [2.05, 4.69) is 54.3 Å². The number of rotatable bonds is 12. The first kappa shape index (κ1) is 45.8. The number of piperidine rings is 2. The minimum Gasteiger partial charge on any atom is -0.393 e. The average molecular weight is 933 g/mol. The molecule has 3 amide bonds. The summed E-state index contributed by atoms with van der Waals surface area (Å²) in [4.78, 5) is 91.2. The van der Waals surface area contributed by atoms with Crippen LogP contribution in [-0.4, -0.2) is 164 Å². The predicted octanol–water partition coefficient (Wildman–Crippen LogP) is 2.51. The number of pyridine rings is 2. The summed E-state index contributed by atoms with van der Waals surface area (Å²) in [5, 5.41) is 17.1. The number of anilines is 1. The zero-order valence-corrected chi connectivity index (χ0v) is 39.4. The normalized spacial score (nSPS) is 21.4. The Morgan fingerprint density at radius 3 is 2.47 bits per heavy atom. The van der Waals surface area contributed by atoms with Gasteiger partial charge in [0.1, 0.15) is 23.6 Å². The van der Waals surface area contributed by atoms with Crippen molar-refractivity contribution in [2.24, 2.45) is 12.5 Å². The molecule has 4 saturated heterocycles. The Labute approximate surface area is 394 Å². The third-order valence-electron chi connectivity index (χ3n) is 15.0. The first-order valence-corrected chi connectivity index (χ1v) is 24.3. The molecule has 0 bridgehead atoms. The molecule has 5 aliphatic rings. The molecule has 1 unspecified atom stereocenters. The second-order valence-corrected chi connectivity index (χ2v) is 19.9. The molecule has 19 heteroatoms. The summed E-state index contributed by atoms with van der Waals surface area (Å²) in [5.41, 5.74) is 2.10. The number of H-pyrrole nitrogens is 3. The first-order valence-electron chi connectivity index (χ1n) is 24.3. The van der Waals surface area contributed by atoms with Crippen LogP contribution in [0, 0.1) is 5.41 Å². The van der Waals surface area contributed by atoms with Crippen molar-refractivity contribution < 1.29 is 24.2 Å². The van der Waals surface area contributed by atoms with Gasteiger partial charge in [0.05, 0.1) is 40.8 Å². The average Bonchev–Trinajstić information content (AvgIpc) is 4.14. The van der Waals surface area contributed by atoms with Gasteiger partial charge >= 0.3 is 0 Å². The summed E-state index contributed by atoms with van der Waals surface area (Å²) in [6, 6.07) is 3.96. The topological polar surface area (TPSA) is 212 Å². The van der Waals surface area contributed by atoms with Crippen LogP contribution >= 0.6 is 0 Å². The fourth-order valence-corrected chi connectivity index (χ4v) is 11.2. The third kappa shape index (κ3) is 8.81. The highest BCUT2D eigenvalue weighted by atomic mass is 16.5. The summed E-state index contributed by atoms with van der Waals surface area (Å²) in [6.45, 7) is 10.3. The number of carbonyl (C=O) groups excluding carboxylic acids is 3. The van der Waals surface area contributed by atoms with Gasteiger partial charge in [0, 0.05) is 125 Å². The Morgan fingerprint density at radius 1 is 0.882 bits per heavy atom. The van der Waals surface area contributed by atoms with Gasteiger partial charge in [0.25, 0.3) is 28.8 Å². The fourth-order valence-electron chi connectivity index (χ4n) is 11.2. The van der Waals surface area contributed by atoms with Gasteiger partial charge in [-0.05, 0) is 77.7 Å². The molecule has 5 aromatic rings. The Balaban J connectivity index is 0.996. The molecule has 68 heavy (non-hydrogen) atoms. The Bertz CT molecular complexity index is 2870. The molecule has 0 radical (unpaired) electrons. The lowest BCUT2D eigenvalue weighted by molar-refractivity contribution is -0.115. The van der Waals surface area contributed by atoms with Gasteiger partial charge in [0.15, 0.2) is 0 Å². The number of nitrogens with zero attached hydrogens (tertiary/aromatic N) is 7. The van der Waals surface area contributed by atoms with E-state index in [-0.39, 0.29) is 70.3 Å². The molecule has 10 rings (SSSR count). The van der Waals surface area contributed by atoms with Crippen LogP contribution in [0.1, 0.15) is 83.8 Å². The van der Waals surface area contributed by atoms with E-state index in [1.165, 1.54) is 21.8 Å². The van der Waals surface area contributed by atoms with E-state index >= 15 is 0 Å². The molecule has 19 nitrogen and oxygen atoms in total. The highest BCUT2D eigenvalue weighted by Gasteiger charge is 2.49. The lowest BCUT2D eigenvalue weighted by atomic mass is 9.78. The number of aryl methyl sites for hydroxylation is 1. The molecule has 1 atom stereocenters. The van der Waals surface area contributed by atoms with Crippen molar-refractivity contribution in [3.8, 4) is 5.69 Å².